The van der Waals surface area contributed by atoms with Crippen LogP contribution in [-0.4, -0.2) is 47.1 Å². The summed E-state index contributed by atoms with van der Waals surface area (Å²) in [5.74, 6) is 0.607. The molecule has 8 heteroatoms. The van der Waals surface area contributed by atoms with Gasteiger partial charge in [-0.05, 0) is 25.5 Å². The molecule has 2 aromatic rings. The van der Waals surface area contributed by atoms with E-state index < -0.39 is 0 Å². The quantitative estimate of drug-likeness (QED) is 0.858. The molecular formula is C18H22N6O2. The van der Waals surface area contributed by atoms with Crippen molar-refractivity contribution >= 4 is 11.5 Å². The molecule has 0 spiro atoms. The van der Waals surface area contributed by atoms with Gasteiger partial charge in [-0.25, -0.2) is 9.67 Å². The van der Waals surface area contributed by atoms with E-state index in [-0.39, 0.29) is 11.7 Å². The third-order valence-corrected chi connectivity index (χ3v) is 4.37. The van der Waals surface area contributed by atoms with Gasteiger partial charge in [-0.2, -0.15) is 10.4 Å². The monoisotopic (exact) mass is 354 g/mol. The molecule has 1 saturated heterocycles. The van der Waals surface area contributed by atoms with E-state index in [2.05, 4.69) is 26.4 Å². The molecule has 136 valence electrons. The first-order valence-electron chi connectivity index (χ1n) is 8.58. The molecule has 1 fully saturated rings. The topological polar surface area (TPSA) is 96.1 Å². The number of aromatic nitrogens is 3. The molecule has 0 aliphatic carbocycles. The van der Waals surface area contributed by atoms with Crippen molar-refractivity contribution in [2.24, 2.45) is 7.05 Å². The Balaban J connectivity index is 1.57. The number of hydrogen-bond donors (Lipinski definition) is 1. The number of hydrogen-bond acceptors (Lipinski definition) is 7. The third kappa shape index (κ3) is 4.18. The van der Waals surface area contributed by atoms with Crippen LogP contribution in [0.3, 0.4) is 0 Å². The summed E-state index contributed by atoms with van der Waals surface area (Å²) in [6.45, 7) is 4.58. The second-order valence-electron chi connectivity index (χ2n) is 6.29. The van der Waals surface area contributed by atoms with Crippen LogP contribution in [-0.2, 0) is 11.8 Å². The number of ether oxygens (including phenoxy) is 1. The van der Waals surface area contributed by atoms with Crippen LogP contribution in [0.25, 0.3) is 0 Å². The Morgan fingerprint density at radius 1 is 1.46 bits per heavy atom. The zero-order chi connectivity index (χ0) is 18.5. The first kappa shape index (κ1) is 17.9. The van der Waals surface area contributed by atoms with E-state index in [1.165, 1.54) is 4.68 Å². The number of nitriles is 1. The van der Waals surface area contributed by atoms with E-state index >= 15 is 0 Å². The van der Waals surface area contributed by atoms with Crippen molar-refractivity contribution < 1.29 is 4.74 Å². The van der Waals surface area contributed by atoms with Crippen molar-refractivity contribution in [1.82, 2.24) is 14.8 Å². The number of rotatable bonds is 5. The minimum Gasteiger partial charge on any atom is -0.374 e. The van der Waals surface area contributed by atoms with Crippen LogP contribution in [0.2, 0.25) is 0 Å². The zero-order valence-corrected chi connectivity index (χ0v) is 15.0. The lowest BCUT2D eigenvalue weighted by molar-refractivity contribution is 0.0374. The van der Waals surface area contributed by atoms with Crippen LogP contribution in [0, 0.1) is 18.3 Å². The molecule has 1 N–H and O–H groups in total. The standard InChI is InChI=1S/C18H22N6O2/c1-13-3-4-14(10-19)18(22-13)20-6-5-16-12-24(7-8-26-16)15-9-17(25)23(2)21-11-15/h3-4,9,11,16H,5-8,12H2,1-2H3,(H,20,22). The number of aryl methyl sites for hydroxylation is 2. The highest BCUT2D eigenvalue weighted by Gasteiger charge is 2.21. The number of nitrogens with one attached hydrogen (secondary N) is 1. The van der Waals surface area contributed by atoms with Gasteiger partial charge in [0, 0.05) is 38.4 Å². The van der Waals surface area contributed by atoms with Crippen molar-refractivity contribution in [3.05, 3.63) is 46.0 Å². The zero-order valence-electron chi connectivity index (χ0n) is 15.0. The summed E-state index contributed by atoms with van der Waals surface area (Å²) in [4.78, 5) is 18.3. The highest BCUT2D eigenvalue weighted by atomic mass is 16.5. The predicted octanol–water partition coefficient (Wildman–Crippen LogP) is 1.06. The highest BCUT2D eigenvalue weighted by Crippen LogP contribution is 2.17. The fourth-order valence-electron chi connectivity index (χ4n) is 2.89. The Morgan fingerprint density at radius 2 is 2.31 bits per heavy atom. The molecule has 1 atom stereocenters. The maximum absolute atomic E-state index is 11.8. The molecule has 1 unspecified atom stereocenters. The van der Waals surface area contributed by atoms with Crippen LogP contribution >= 0.6 is 0 Å². The highest BCUT2D eigenvalue weighted by molar-refractivity contribution is 5.52. The van der Waals surface area contributed by atoms with Gasteiger partial charge in [0.05, 0.1) is 30.2 Å². The molecule has 0 radical (unpaired) electrons. The van der Waals surface area contributed by atoms with Crippen molar-refractivity contribution in [2.45, 2.75) is 19.4 Å². The van der Waals surface area contributed by atoms with Gasteiger partial charge in [0.25, 0.3) is 5.56 Å². The summed E-state index contributed by atoms with van der Waals surface area (Å²) in [5.41, 5.74) is 2.10. The van der Waals surface area contributed by atoms with Crippen molar-refractivity contribution in [3.63, 3.8) is 0 Å². The molecule has 0 aromatic carbocycles. The SMILES string of the molecule is Cc1ccc(C#N)c(NCCC2CN(c3cnn(C)c(=O)c3)CCO2)n1. The van der Waals surface area contributed by atoms with Gasteiger partial charge < -0.3 is 15.0 Å². The molecule has 1 aliphatic heterocycles. The second-order valence-corrected chi connectivity index (χ2v) is 6.29. The molecule has 26 heavy (non-hydrogen) atoms. The average molecular weight is 354 g/mol. The lowest BCUT2D eigenvalue weighted by Crippen LogP contribution is -2.43. The van der Waals surface area contributed by atoms with Gasteiger partial charge >= 0.3 is 0 Å². The molecule has 3 rings (SSSR count). The average Bonchev–Trinajstić information content (AvgIpc) is 2.64. The van der Waals surface area contributed by atoms with Crippen LogP contribution in [0.1, 0.15) is 17.7 Å². The predicted molar refractivity (Wildman–Crippen MR) is 98.2 cm³/mol. The Hall–Kier alpha value is -2.92. The Labute approximate surface area is 152 Å². The molecule has 0 amide bonds. The minimum atomic E-state index is -0.123. The summed E-state index contributed by atoms with van der Waals surface area (Å²) < 4.78 is 7.14. The van der Waals surface area contributed by atoms with Crippen molar-refractivity contribution in [1.29, 1.82) is 5.26 Å². The number of nitrogens with zero attached hydrogens (tertiary/aromatic N) is 5. The fourth-order valence-corrected chi connectivity index (χ4v) is 2.89. The maximum Gasteiger partial charge on any atom is 0.268 e. The molecular weight excluding hydrogens is 332 g/mol. The Bertz CT molecular complexity index is 873. The molecule has 3 heterocycles. The summed E-state index contributed by atoms with van der Waals surface area (Å²) in [5, 5.41) is 16.5. The first-order chi connectivity index (χ1) is 12.6. The molecule has 1 aliphatic rings. The van der Waals surface area contributed by atoms with Crippen LogP contribution < -0.4 is 15.8 Å². The van der Waals surface area contributed by atoms with E-state index in [0.717, 1.165) is 24.3 Å². The van der Waals surface area contributed by atoms with Gasteiger partial charge in [0.15, 0.2) is 0 Å². The first-order valence-corrected chi connectivity index (χ1v) is 8.58. The lowest BCUT2D eigenvalue weighted by Gasteiger charge is -2.34. The summed E-state index contributed by atoms with van der Waals surface area (Å²) in [7, 11) is 1.63. The van der Waals surface area contributed by atoms with Gasteiger partial charge in [-0.3, -0.25) is 4.79 Å². The van der Waals surface area contributed by atoms with Crippen molar-refractivity contribution in [3.8, 4) is 6.07 Å². The van der Waals surface area contributed by atoms with Gasteiger partial charge in [0.1, 0.15) is 11.9 Å². The van der Waals surface area contributed by atoms with E-state index in [0.29, 0.717) is 31.1 Å². The fraction of sp³-hybridized carbons (Fsp3) is 0.444. The molecule has 8 nitrogen and oxygen atoms in total. The van der Waals surface area contributed by atoms with E-state index in [1.807, 2.05) is 13.0 Å². The van der Waals surface area contributed by atoms with E-state index in [4.69, 9.17) is 10.00 Å². The number of morpholine rings is 1. The van der Waals surface area contributed by atoms with E-state index in [9.17, 15) is 4.79 Å². The lowest BCUT2D eigenvalue weighted by atomic mass is 10.2. The minimum absolute atomic E-state index is 0.0376. The number of anilines is 2. The van der Waals surface area contributed by atoms with E-state index in [1.54, 1.807) is 25.4 Å². The molecule has 0 saturated carbocycles. The van der Waals surface area contributed by atoms with Crippen LogP contribution in [0.5, 0.6) is 0 Å². The summed E-state index contributed by atoms with van der Waals surface area (Å²) in [6, 6.07) is 7.34. The normalized spacial score (nSPS) is 17.0. The largest absolute Gasteiger partial charge is 0.374 e. The smallest absolute Gasteiger partial charge is 0.268 e. The Morgan fingerprint density at radius 3 is 3.08 bits per heavy atom. The molecule has 0 bridgehead atoms. The molecule has 2 aromatic heterocycles. The summed E-state index contributed by atoms with van der Waals surface area (Å²) in [6.07, 6.45) is 2.52. The van der Waals surface area contributed by atoms with Gasteiger partial charge in [-0.1, -0.05) is 0 Å². The van der Waals surface area contributed by atoms with Crippen LogP contribution in [0.15, 0.2) is 29.2 Å². The van der Waals surface area contributed by atoms with Gasteiger partial charge in [0.2, 0.25) is 0 Å². The second kappa shape index (κ2) is 7.97. The maximum atomic E-state index is 11.8. The van der Waals surface area contributed by atoms with Gasteiger partial charge in [-0.15, -0.1) is 0 Å². The van der Waals surface area contributed by atoms with Crippen LogP contribution in [0.4, 0.5) is 11.5 Å². The summed E-state index contributed by atoms with van der Waals surface area (Å²) >= 11 is 0. The third-order valence-electron chi connectivity index (χ3n) is 4.37. The van der Waals surface area contributed by atoms with Crippen molar-refractivity contribution in [2.75, 3.05) is 36.5 Å². The Kier molecular flexibility index (Phi) is 5.49. The number of pyridine rings is 1.